The van der Waals surface area contributed by atoms with E-state index in [4.69, 9.17) is 21.7 Å². The third-order valence-corrected chi connectivity index (χ3v) is 5.51. The number of nitrogens with zero attached hydrogens (tertiary/aromatic N) is 2. The number of carbonyl (C=O) groups is 1. The molecular weight excluding hydrogens is 392 g/mol. The van der Waals surface area contributed by atoms with E-state index in [0.29, 0.717) is 27.3 Å². The van der Waals surface area contributed by atoms with Crippen LogP contribution in [0.3, 0.4) is 0 Å². The normalized spacial score (nSPS) is 15.3. The highest BCUT2D eigenvalue weighted by Crippen LogP contribution is 2.37. The van der Waals surface area contributed by atoms with Gasteiger partial charge in [-0.2, -0.15) is 0 Å². The predicted octanol–water partition coefficient (Wildman–Crippen LogP) is 4.57. The van der Waals surface area contributed by atoms with E-state index in [1.54, 1.807) is 12.0 Å². The van der Waals surface area contributed by atoms with Gasteiger partial charge in [-0.15, -0.1) is 0 Å². The summed E-state index contributed by atoms with van der Waals surface area (Å²) in [6.07, 6.45) is 1.83. The lowest BCUT2D eigenvalue weighted by atomic mass is 10.1. The molecule has 7 heteroatoms. The molecule has 0 spiro atoms. The molecule has 1 amide bonds. The van der Waals surface area contributed by atoms with E-state index in [9.17, 15) is 4.79 Å². The maximum atomic E-state index is 12.9. The monoisotopic (exact) mass is 414 g/mol. The largest absolute Gasteiger partial charge is 0.493 e. The molecule has 0 bridgehead atoms. The predicted molar refractivity (Wildman–Crippen MR) is 121 cm³/mol. The van der Waals surface area contributed by atoms with Crippen LogP contribution in [0.2, 0.25) is 0 Å². The Labute approximate surface area is 174 Å². The number of benzene rings is 2. The summed E-state index contributed by atoms with van der Waals surface area (Å²) in [6.45, 7) is 2.48. The molecule has 0 radical (unpaired) electrons. The van der Waals surface area contributed by atoms with E-state index < -0.39 is 0 Å². The first-order valence-electron chi connectivity index (χ1n) is 8.80. The van der Waals surface area contributed by atoms with Crippen LogP contribution in [-0.2, 0) is 4.79 Å². The van der Waals surface area contributed by atoms with Crippen LogP contribution in [0.15, 0.2) is 47.4 Å². The van der Waals surface area contributed by atoms with Crippen LogP contribution >= 0.6 is 24.0 Å². The number of amides is 1. The fourth-order valence-electron chi connectivity index (χ4n) is 2.79. The summed E-state index contributed by atoms with van der Waals surface area (Å²) in [5, 5.41) is 0. The van der Waals surface area contributed by atoms with E-state index in [-0.39, 0.29) is 5.91 Å². The van der Waals surface area contributed by atoms with Crippen molar-refractivity contribution in [2.75, 3.05) is 37.6 Å². The van der Waals surface area contributed by atoms with Crippen molar-refractivity contribution in [1.82, 2.24) is 0 Å². The van der Waals surface area contributed by atoms with Crippen molar-refractivity contribution in [3.63, 3.8) is 0 Å². The highest BCUT2D eigenvalue weighted by Gasteiger charge is 2.33. The molecule has 1 fully saturated rings. The highest BCUT2D eigenvalue weighted by molar-refractivity contribution is 8.27. The third kappa shape index (κ3) is 4.15. The summed E-state index contributed by atoms with van der Waals surface area (Å²) < 4.78 is 11.4. The molecule has 1 aliphatic heterocycles. The molecule has 0 saturated carbocycles. The van der Waals surface area contributed by atoms with Gasteiger partial charge in [0.1, 0.15) is 0 Å². The molecule has 0 unspecified atom stereocenters. The zero-order valence-electron chi connectivity index (χ0n) is 16.3. The zero-order valence-corrected chi connectivity index (χ0v) is 17.9. The average molecular weight is 415 g/mol. The number of methoxy groups -OCH3 is 1. The van der Waals surface area contributed by atoms with Gasteiger partial charge in [0.2, 0.25) is 0 Å². The second-order valence-corrected chi connectivity index (χ2v) is 7.95. The molecule has 1 heterocycles. The molecule has 28 heavy (non-hydrogen) atoms. The maximum absolute atomic E-state index is 12.9. The molecule has 0 N–H and O–H groups in total. The summed E-state index contributed by atoms with van der Waals surface area (Å²) in [5.41, 5.74) is 2.68. The van der Waals surface area contributed by atoms with Gasteiger partial charge in [-0.1, -0.05) is 30.0 Å². The summed E-state index contributed by atoms with van der Waals surface area (Å²) >= 11 is 6.75. The van der Waals surface area contributed by atoms with Crippen molar-refractivity contribution >= 4 is 51.7 Å². The van der Waals surface area contributed by atoms with Crippen LogP contribution in [0, 0.1) is 0 Å². The maximum Gasteiger partial charge on any atom is 0.270 e. The third-order valence-electron chi connectivity index (χ3n) is 4.20. The van der Waals surface area contributed by atoms with E-state index in [2.05, 4.69) is 0 Å². The van der Waals surface area contributed by atoms with Crippen molar-refractivity contribution in [1.29, 1.82) is 0 Å². The Bertz CT molecular complexity index is 924. The molecule has 146 valence electrons. The summed E-state index contributed by atoms with van der Waals surface area (Å²) in [7, 11) is 5.55. The SMILES string of the molecule is CCOc1ccc(/C=C2\SC(=S)N(c3ccc(N(C)C)cc3)C2=O)cc1OC. The van der Waals surface area contributed by atoms with Gasteiger partial charge >= 0.3 is 0 Å². The lowest BCUT2D eigenvalue weighted by Gasteiger charge is -2.17. The van der Waals surface area contributed by atoms with E-state index >= 15 is 0 Å². The second kappa shape index (κ2) is 8.67. The van der Waals surface area contributed by atoms with Gasteiger partial charge in [0, 0.05) is 19.8 Å². The zero-order chi connectivity index (χ0) is 20.3. The van der Waals surface area contributed by atoms with Gasteiger partial charge in [0.05, 0.1) is 24.3 Å². The Morgan fingerprint density at radius 2 is 1.86 bits per heavy atom. The summed E-state index contributed by atoms with van der Waals surface area (Å²) in [5.74, 6) is 1.18. The van der Waals surface area contributed by atoms with E-state index in [0.717, 1.165) is 16.9 Å². The first-order chi connectivity index (χ1) is 13.4. The molecule has 2 aromatic carbocycles. The Balaban J connectivity index is 1.86. The number of anilines is 2. The van der Waals surface area contributed by atoms with Crippen molar-refractivity contribution in [2.45, 2.75) is 6.92 Å². The number of thioether (sulfide) groups is 1. The van der Waals surface area contributed by atoms with Crippen LogP contribution in [0.4, 0.5) is 11.4 Å². The molecule has 5 nitrogen and oxygen atoms in total. The highest BCUT2D eigenvalue weighted by atomic mass is 32.2. The fourth-order valence-corrected chi connectivity index (χ4v) is 4.09. The molecule has 0 aromatic heterocycles. The van der Waals surface area contributed by atoms with Crippen LogP contribution < -0.4 is 19.3 Å². The van der Waals surface area contributed by atoms with Gasteiger partial charge in [0.15, 0.2) is 15.8 Å². The Morgan fingerprint density at radius 1 is 1.14 bits per heavy atom. The minimum atomic E-state index is -0.125. The van der Waals surface area contributed by atoms with Gasteiger partial charge in [-0.3, -0.25) is 9.69 Å². The van der Waals surface area contributed by atoms with Gasteiger partial charge < -0.3 is 14.4 Å². The van der Waals surface area contributed by atoms with Crippen molar-refractivity contribution in [2.24, 2.45) is 0 Å². The molecule has 1 aliphatic rings. The molecule has 0 aliphatic carbocycles. The fraction of sp³-hybridized carbons (Fsp3) is 0.238. The molecule has 2 aromatic rings. The van der Waals surface area contributed by atoms with Crippen molar-refractivity contribution in [3.05, 3.63) is 52.9 Å². The van der Waals surface area contributed by atoms with Crippen molar-refractivity contribution < 1.29 is 14.3 Å². The number of hydrogen-bond acceptors (Lipinski definition) is 6. The second-order valence-electron chi connectivity index (χ2n) is 6.27. The van der Waals surface area contributed by atoms with Gasteiger partial charge in [-0.05, 0) is 55.0 Å². The van der Waals surface area contributed by atoms with Crippen molar-refractivity contribution in [3.8, 4) is 11.5 Å². The Morgan fingerprint density at radius 3 is 2.46 bits per heavy atom. The summed E-state index contributed by atoms with van der Waals surface area (Å²) in [6, 6.07) is 13.3. The minimum absolute atomic E-state index is 0.125. The van der Waals surface area contributed by atoms with Crippen LogP contribution in [0.5, 0.6) is 11.5 Å². The number of thiocarbonyl (C=S) groups is 1. The topological polar surface area (TPSA) is 42.0 Å². The number of rotatable bonds is 6. The van der Waals surface area contributed by atoms with E-state index in [1.807, 2.05) is 74.5 Å². The number of hydrogen-bond donors (Lipinski definition) is 0. The standard InChI is InChI=1S/C21H22N2O3S2/c1-5-26-17-11-6-14(12-18(17)25-4)13-19-20(24)23(21(27)28-19)16-9-7-15(8-10-16)22(2)3/h6-13H,5H2,1-4H3/b19-13-. The Hall–Kier alpha value is -2.51. The van der Waals surface area contributed by atoms with Gasteiger partial charge in [0.25, 0.3) is 5.91 Å². The number of carbonyl (C=O) groups excluding carboxylic acids is 1. The first-order valence-corrected chi connectivity index (χ1v) is 10.0. The molecule has 0 atom stereocenters. The van der Waals surface area contributed by atoms with Crippen LogP contribution in [-0.4, -0.2) is 38.0 Å². The first kappa shape index (κ1) is 20.2. The Kier molecular flexibility index (Phi) is 6.26. The lowest BCUT2D eigenvalue weighted by Crippen LogP contribution is -2.27. The van der Waals surface area contributed by atoms with Crippen LogP contribution in [0.1, 0.15) is 12.5 Å². The molecule has 1 saturated heterocycles. The minimum Gasteiger partial charge on any atom is -0.493 e. The number of ether oxygens (including phenoxy) is 2. The van der Waals surface area contributed by atoms with Crippen LogP contribution in [0.25, 0.3) is 6.08 Å². The van der Waals surface area contributed by atoms with Gasteiger partial charge in [-0.25, -0.2) is 0 Å². The molecule has 3 rings (SSSR count). The molecular formula is C21H22N2O3S2. The average Bonchev–Trinajstić information content (AvgIpc) is 2.96. The lowest BCUT2D eigenvalue weighted by molar-refractivity contribution is -0.113. The summed E-state index contributed by atoms with van der Waals surface area (Å²) in [4.78, 5) is 17.1. The quantitative estimate of drug-likeness (QED) is 0.510. The smallest absolute Gasteiger partial charge is 0.270 e. The van der Waals surface area contributed by atoms with E-state index in [1.165, 1.54) is 11.8 Å².